The molecule has 1 aromatic heterocycles. The van der Waals surface area contributed by atoms with Gasteiger partial charge in [0.25, 0.3) is 0 Å². The molecule has 0 saturated heterocycles. The van der Waals surface area contributed by atoms with E-state index in [-0.39, 0.29) is 11.9 Å². The van der Waals surface area contributed by atoms with Crippen LogP contribution in [-0.2, 0) is 24.8 Å². The van der Waals surface area contributed by atoms with Gasteiger partial charge in [0.2, 0.25) is 5.91 Å². The van der Waals surface area contributed by atoms with E-state index in [0.29, 0.717) is 5.92 Å². The Morgan fingerprint density at radius 2 is 2.00 bits per heavy atom. The number of benzene rings is 1. The lowest BCUT2D eigenvalue weighted by molar-refractivity contribution is -0.121. The van der Waals surface area contributed by atoms with Crippen molar-refractivity contribution in [3.05, 3.63) is 46.0 Å². The third-order valence-corrected chi connectivity index (χ3v) is 5.59. The third kappa shape index (κ3) is 3.65. The first kappa shape index (κ1) is 18.1. The second-order valence-electron chi connectivity index (χ2n) is 6.94. The summed E-state index contributed by atoms with van der Waals surface area (Å²) in [6.45, 7) is 7.89. The molecule has 0 aliphatic carbocycles. The molecule has 1 amide bonds. The first-order valence-electron chi connectivity index (χ1n) is 8.72. The van der Waals surface area contributed by atoms with Crippen LogP contribution in [0.5, 0.6) is 0 Å². The lowest BCUT2D eigenvalue weighted by Gasteiger charge is -2.31. The summed E-state index contributed by atoms with van der Waals surface area (Å²) >= 11 is 3.47. The molecule has 5 nitrogen and oxygen atoms in total. The van der Waals surface area contributed by atoms with Crippen LogP contribution in [0.4, 0.5) is 5.69 Å². The van der Waals surface area contributed by atoms with Crippen LogP contribution in [-0.4, -0.2) is 32.9 Å². The normalized spacial score (nSPS) is 15.9. The van der Waals surface area contributed by atoms with Gasteiger partial charge in [-0.1, -0.05) is 26.0 Å². The maximum Gasteiger partial charge on any atom is 0.241 e. The second kappa shape index (κ2) is 7.30. The van der Waals surface area contributed by atoms with Crippen molar-refractivity contribution in [1.82, 2.24) is 14.5 Å². The molecule has 1 aliphatic heterocycles. The number of amides is 1. The van der Waals surface area contributed by atoms with Crippen molar-refractivity contribution < 1.29 is 4.79 Å². The zero-order valence-corrected chi connectivity index (χ0v) is 16.8. The molecular weight excluding hydrogens is 380 g/mol. The smallest absolute Gasteiger partial charge is 0.241 e. The predicted molar refractivity (Wildman–Crippen MR) is 104 cm³/mol. The molecule has 1 unspecified atom stereocenters. The van der Waals surface area contributed by atoms with Gasteiger partial charge in [0.05, 0.1) is 17.4 Å². The predicted octanol–water partition coefficient (Wildman–Crippen LogP) is 3.69. The maximum absolute atomic E-state index is 12.7. The van der Waals surface area contributed by atoms with E-state index < -0.39 is 0 Å². The molecule has 25 heavy (non-hydrogen) atoms. The molecule has 2 aromatic rings. The number of nitrogens with zero attached hydrogens (tertiary/aromatic N) is 3. The van der Waals surface area contributed by atoms with E-state index in [1.807, 2.05) is 31.2 Å². The van der Waals surface area contributed by atoms with Crippen LogP contribution in [0.3, 0.4) is 0 Å². The van der Waals surface area contributed by atoms with Crippen LogP contribution in [0, 0.1) is 0 Å². The van der Waals surface area contributed by atoms with Gasteiger partial charge in [-0.2, -0.15) is 0 Å². The molecule has 0 bridgehead atoms. The second-order valence-corrected chi connectivity index (χ2v) is 7.80. The molecular formula is C19H25BrN4O. The van der Waals surface area contributed by atoms with Crippen molar-refractivity contribution >= 4 is 27.5 Å². The summed E-state index contributed by atoms with van der Waals surface area (Å²) in [5, 5.41) is 3.01. The lowest BCUT2D eigenvalue weighted by Crippen LogP contribution is -2.44. The van der Waals surface area contributed by atoms with E-state index in [9.17, 15) is 4.79 Å². The van der Waals surface area contributed by atoms with E-state index in [4.69, 9.17) is 4.98 Å². The molecule has 0 radical (unpaired) electrons. The molecule has 1 atom stereocenters. The number of carbonyl (C=O) groups is 1. The van der Waals surface area contributed by atoms with Crippen molar-refractivity contribution in [2.45, 2.75) is 45.7 Å². The third-order valence-electron chi connectivity index (χ3n) is 4.90. The van der Waals surface area contributed by atoms with E-state index in [1.54, 1.807) is 0 Å². The number of halogens is 1. The Morgan fingerprint density at radius 1 is 1.28 bits per heavy atom. The number of para-hydroxylation sites is 1. The van der Waals surface area contributed by atoms with Crippen molar-refractivity contribution in [1.29, 1.82) is 0 Å². The van der Waals surface area contributed by atoms with Crippen LogP contribution >= 0.6 is 15.9 Å². The zero-order chi connectivity index (χ0) is 18.1. The summed E-state index contributed by atoms with van der Waals surface area (Å²) in [6, 6.07) is 7.47. The maximum atomic E-state index is 12.7. The minimum absolute atomic E-state index is 0.00960. The lowest BCUT2D eigenvalue weighted by atomic mass is 10.1. The number of imidazole rings is 1. The summed E-state index contributed by atoms with van der Waals surface area (Å²) in [6.07, 6.45) is 0.929. The Morgan fingerprint density at radius 3 is 2.68 bits per heavy atom. The summed E-state index contributed by atoms with van der Waals surface area (Å²) in [7, 11) is 2.10. The highest BCUT2D eigenvalue weighted by Crippen LogP contribution is 2.25. The Balaban J connectivity index is 1.72. The topological polar surface area (TPSA) is 50.2 Å². The molecule has 0 spiro atoms. The van der Waals surface area contributed by atoms with Gasteiger partial charge in [0, 0.05) is 42.6 Å². The largest absolute Gasteiger partial charge is 0.335 e. The Bertz CT molecular complexity index is 784. The van der Waals surface area contributed by atoms with Gasteiger partial charge in [-0.25, -0.2) is 4.98 Å². The first-order chi connectivity index (χ1) is 11.9. The SMILES string of the molecule is CC(C)c1nc2c(n1C)CCN(C(C)C(=O)Nc1ccccc1Br)C2. The quantitative estimate of drug-likeness (QED) is 0.844. The molecule has 1 aliphatic rings. The summed E-state index contributed by atoms with van der Waals surface area (Å²) in [5.41, 5.74) is 3.22. The van der Waals surface area contributed by atoms with Crippen LogP contribution in [0.1, 0.15) is 43.9 Å². The van der Waals surface area contributed by atoms with Crippen molar-refractivity contribution in [2.24, 2.45) is 7.05 Å². The van der Waals surface area contributed by atoms with E-state index in [2.05, 4.69) is 51.6 Å². The molecule has 3 rings (SSSR count). The van der Waals surface area contributed by atoms with Gasteiger partial charge >= 0.3 is 0 Å². The number of nitrogens with one attached hydrogen (secondary N) is 1. The zero-order valence-electron chi connectivity index (χ0n) is 15.2. The van der Waals surface area contributed by atoms with Crippen LogP contribution in [0.25, 0.3) is 0 Å². The number of aromatic nitrogens is 2. The molecule has 134 valence electrons. The van der Waals surface area contributed by atoms with Crippen LogP contribution in [0.15, 0.2) is 28.7 Å². The fraction of sp³-hybridized carbons (Fsp3) is 0.474. The number of hydrogen-bond acceptors (Lipinski definition) is 3. The summed E-state index contributed by atoms with van der Waals surface area (Å²) in [5.74, 6) is 1.53. The molecule has 0 saturated carbocycles. The molecule has 1 N–H and O–H groups in total. The van der Waals surface area contributed by atoms with E-state index in [0.717, 1.165) is 41.2 Å². The monoisotopic (exact) mass is 404 g/mol. The highest BCUT2D eigenvalue weighted by molar-refractivity contribution is 9.10. The average Bonchev–Trinajstić information content (AvgIpc) is 2.92. The number of rotatable bonds is 4. The average molecular weight is 405 g/mol. The molecule has 0 fully saturated rings. The molecule has 1 aromatic carbocycles. The summed E-state index contributed by atoms with van der Waals surface area (Å²) in [4.78, 5) is 19.7. The van der Waals surface area contributed by atoms with Crippen molar-refractivity contribution in [3.8, 4) is 0 Å². The van der Waals surface area contributed by atoms with E-state index >= 15 is 0 Å². The van der Waals surface area contributed by atoms with Gasteiger partial charge in [-0.05, 0) is 35.0 Å². The number of hydrogen-bond donors (Lipinski definition) is 1. The van der Waals surface area contributed by atoms with Gasteiger partial charge in [0.1, 0.15) is 5.82 Å². The Kier molecular flexibility index (Phi) is 5.29. The minimum atomic E-state index is -0.204. The van der Waals surface area contributed by atoms with Gasteiger partial charge < -0.3 is 9.88 Å². The number of carbonyl (C=O) groups excluding carboxylic acids is 1. The van der Waals surface area contributed by atoms with Gasteiger partial charge in [-0.15, -0.1) is 0 Å². The molecule has 6 heteroatoms. The Labute approximate surface area is 157 Å². The standard InChI is InChI=1S/C19H25BrN4O/c1-12(2)18-21-16-11-24(10-9-17(16)23(18)4)13(3)19(25)22-15-8-6-5-7-14(15)20/h5-8,12-13H,9-11H2,1-4H3,(H,22,25). The number of anilines is 1. The number of fused-ring (bicyclic) bond motifs is 1. The van der Waals surface area contributed by atoms with Gasteiger partial charge in [0.15, 0.2) is 0 Å². The van der Waals surface area contributed by atoms with Crippen LogP contribution in [0.2, 0.25) is 0 Å². The minimum Gasteiger partial charge on any atom is -0.335 e. The van der Waals surface area contributed by atoms with Crippen molar-refractivity contribution in [3.63, 3.8) is 0 Å². The highest BCUT2D eigenvalue weighted by atomic mass is 79.9. The fourth-order valence-corrected chi connectivity index (χ4v) is 3.77. The van der Waals surface area contributed by atoms with E-state index in [1.165, 1.54) is 5.69 Å². The first-order valence-corrected chi connectivity index (χ1v) is 9.51. The molecule has 2 heterocycles. The van der Waals surface area contributed by atoms with Gasteiger partial charge in [-0.3, -0.25) is 9.69 Å². The van der Waals surface area contributed by atoms with Crippen molar-refractivity contribution in [2.75, 3.05) is 11.9 Å². The summed E-state index contributed by atoms with van der Waals surface area (Å²) < 4.78 is 3.12. The fourth-order valence-electron chi connectivity index (χ4n) is 3.38. The Hall–Kier alpha value is -1.66. The van der Waals surface area contributed by atoms with Crippen LogP contribution < -0.4 is 5.32 Å². The highest BCUT2D eigenvalue weighted by Gasteiger charge is 2.29.